The molecule has 1 fully saturated rings. The maximum Gasteiger partial charge on any atom is 0.321 e. The highest BCUT2D eigenvalue weighted by molar-refractivity contribution is 6.31. The topological polar surface area (TPSA) is 70.7 Å². The summed E-state index contributed by atoms with van der Waals surface area (Å²) in [4.78, 5) is 25.6. The van der Waals surface area contributed by atoms with E-state index in [1.54, 1.807) is 13.8 Å². The van der Waals surface area contributed by atoms with Crippen LogP contribution in [-0.4, -0.2) is 49.1 Å². The van der Waals surface area contributed by atoms with Crippen LogP contribution >= 0.6 is 11.6 Å². The molecule has 0 aromatic heterocycles. The number of ether oxygens (including phenoxy) is 1. The molecule has 0 aliphatic carbocycles. The number of carbonyl (C=O) groups is 2. The molecule has 1 aromatic carbocycles. The van der Waals surface area contributed by atoms with Crippen LogP contribution in [0.3, 0.4) is 0 Å². The Morgan fingerprint density at radius 3 is 2.87 bits per heavy atom. The van der Waals surface area contributed by atoms with Gasteiger partial charge in [0, 0.05) is 30.2 Å². The molecule has 1 aliphatic rings. The fourth-order valence-electron chi connectivity index (χ4n) is 2.53. The number of benzene rings is 1. The van der Waals surface area contributed by atoms with Crippen LogP contribution in [0.4, 0.5) is 4.79 Å². The van der Waals surface area contributed by atoms with E-state index in [1.807, 2.05) is 29.2 Å². The van der Waals surface area contributed by atoms with Crippen molar-refractivity contribution in [2.75, 3.05) is 26.2 Å². The molecular weight excluding hydrogens is 318 g/mol. The summed E-state index contributed by atoms with van der Waals surface area (Å²) in [5.41, 5.74) is 0.912. The SMILES string of the molecule is CCNC(=O)NC(=O)[C@@H](C)N1CCO[C@@H](c2ccccc2Cl)C1. The quantitative estimate of drug-likeness (QED) is 0.879. The van der Waals surface area contributed by atoms with Gasteiger partial charge in [0.25, 0.3) is 0 Å². The lowest BCUT2D eigenvalue weighted by Gasteiger charge is -2.36. The predicted octanol–water partition coefficient (Wildman–Crippen LogP) is 1.95. The highest BCUT2D eigenvalue weighted by Gasteiger charge is 2.30. The monoisotopic (exact) mass is 339 g/mol. The van der Waals surface area contributed by atoms with Crippen molar-refractivity contribution in [2.45, 2.75) is 26.0 Å². The molecule has 1 saturated heterocycles. The summed E-state index contributed by atoms with van der Waals surface area (Å²) >= 11 is 6.22. The van der Waals surface area contributed by atoms with E-state index in [1.165, 1.54) is 0 Å². The number of carbonyl (C=O) groups excluding carboxylic acids is 2. The molecule has 0 saturated carbocycles. The largest absolute Gasteiger partial charge is 0.371 e. The molecule has 2 N–H and O–H groups in total. The first kappa shape index (κ1) is 17.7. The van der Waals surface area contributed by atoms with Crippen LogP contribution in [0.1, 0.15) is 25.5 Å². The van der Waals surface area contributed by atoms with Gasteiger partial charge in [0.05, 0.1) is 18.8 Å². The van der Waals surface area contributed by atoms with E-state index in [4.69, 9.17) is 16.3 Å². The average Bonchev–Trinajstić information content (AvgIpc) is 2.55. The van der Waals surface area contributed by atoms with Crippen LogP contribution < -0.4 is 10.6 Å². The number of urea groups is 1. The Kier molecular flexibility index (Phi) is 6.38. The normalized spacial score (nSPS) is 19.9. The van der Waals surface area contributed by atoms with Crippen molar-refractivity contribution in [2.24, 2.45) is 0 Å². The molecule has 7 heteroatoms. The molecule has 126 valence electrons. The van der Waals surface area contributed by atoms with Gasteiger partial charge >= 0.3 is 6.03 Å². The van der Waals surface area contributed by atoms with Crippen LogP contribution in [0.2, 0.25) is 5.02 Å². The Hall–Kier alpha value is -1.63. The number of amides is 3. The summed E-state index contributed by atoms with van der Waals surface area (Å²) in [6.07, 6.45) is -0.183. The first-order valence-corrected chi connectivity index (χ1v) is 8.09. The zero-order valence-corrected chi connectivity index (χ0v) is 14.1. The highest BCUT2D eigenvalue weighted by atomic mass is 35.5. The fourth-order valence-corrected chi connectivity index (χ4v) is 2.79. The Morgan fingerprint density at radius 2 is 2.17 bits per heavy atom. The number of halogens is 1. The Labute approximate surface area is 141 Å². The van der Waals surface area contributed by atoms with Crippen LogP contribution in [-0.2, 0) is 9.53 Å². The second-order valence-electron chi connectivity index (χ2n) is 5.40. The number of nitrogens with zero attached hydrogens (tertiary/aromatic N) is 1. The maximum atomic E-state index is 12.2. The summed E-state index contributed by atoms with van der Waals surface area (Å²) in [5.74, 6) is -0.323. The number of rotatable bonds is 4. The molecule has 2 rings (SSSR count). The van der Waals surface area contributed by atoms with Crippen molar-refractivity contribution >= 4 is 23.5 Å². The molecule has 1 heterocycles. The van der Waals surface area contributed by atoms with Crippen molar-refractivity contribution in [1.29, 1.82) is 0 Å². The summed E-state index contributed by atoms with van der Waals surface area (Å²) in [5, 5.41) is 5.54. The number of nitrogens with one attached hydrogen (secondary N) is 2. The van der Waals surface area contributed by atoms with E-state index in [0.717, 1.165) is 5.56 Å². The first-order chi connectivity index (χ1) is 11.0. The van der Waals surface area contributed by atoms with Crippen molar-refractivity contribution < 1.29 is 14.3 Å². The summed E-state index contributed by atoms with van der Waals surface area (Å²) in [6, 6.07) is 6.64. The lowest BCUT2D eigenvalue weighted by atomic mass is 10.1. The van der Waals surface area contributed by atoms with Gasteiger partial charge in [-0.2, -0.15) is 0 Å². The van der Waals surface area contributed by atoms with Crippen molar-refractivity contribution in [1.82, 2.24) is 15.5 Å². The molecule has 0 radical (unpaired) electrons. The molecule has 1 aromatic rings. The van der Waals surface area contributed by atoms with Gasteiger partial charge in [0.1, 0.15) is 0 Å². The third kappa shape index (κ3) is 4.67. The zero-order chi connectivity index (χ0) is 16.8. The number of imide groups is 1. The molecule has 1 aliphatic heterocycles. The number of hydrogen-bond donors (Lipinski definition) is 2. The minimum Gasteiger partial charge on any atom is -0.371 e. The third-order valence-corrected chi connectivity index (χ3v) is 4.20. The van der Waals surface area contributed by atoms with E-state index < -0.39 is 12.1 Å². The van der Waals surface area contributed by atoms with Gasteiger partial charge in [-0.05, 0) is 19.9 Å². The third-order valence-electron chi connectivity index (χ3n) is 3.85. The van der Waals surface area contributed by atoms with E-state index in [2.05, 4.69) is 10.6 Å². The van der Waals surface area contributed by atoms with E-state index in [9.17, 15) is 9.59 Å². The molecule has 0 bridgehead atoms. The maximum absolute atomic E-state index is 12.2. The standard InChI is InChI=1S/C16H22ClN3O3/c1-3-18-16(22)19-15(21)11(2)20-8-9-23-14(10-20)12-6-4-5-7-13(12)17/h4-7,11,14H,3,8-10H2,1-2H3,(H2,18,19,21,22)/t11-,14-/m1/s1. The summed E-state index contributed by atoms with van der Waals surface area (Å²) < 4.78 is 5.79. The van der Waals surface area contributed by atoms with E-state index >= 15 is 0 Å². The average molecular weight is 340 g/mol. The van der Waals surface area contributed by atoms with Crippen molar-refractivity contribution in [3.8, 4) is 0 Å². The second-order valence-corrected chi connectivity index (χ2v) is 5.81. The smallest absolute Gasteiger partial charge is 0.321 e. The summed E-state index contributed by atoms with van der Waals surface area (Å²) in [6.45, 7) is 5.74. The first-order valence-electron chi connectivity index (χ1n) is 7.71. The molecule has 0 spiro atoms. The Bertz CT molecular complexity index is 567. The zero-order valence-electron chi connectivity index (χ0n) is 13.3. The lowest BCUT2D eigenvalue weighted by molar-refractivity contribution is -0.128. The van der Waals surface area contributed by atoms with Crippen molar-refractivity contribution in [3.63, 3.8) is 0 Å². The molecular formula is C16H22ClN3O3. The fraction of sp³-hybridized carbons (Fsp3) is 0.500. The Morgan fingerprint density at radius 1 is 1.43 bits per heavy atom. The molecule has 0 unspecified atom stereocenters. The van der Waals surface area contributed by atoms with Crippen molar-refractivity contribution in [3.05, 3.63) is 34.9 Å². The molecule has 6 nitrogen and oxygen atoms in total. The van der Waals surface area contributed by atoms with Gasteiger partial charge in [0.15, 0.2) is 0 Å². The highest BCUT2D eigenvalue weighted by Crippen LogP contribution is 2.28. The van der Waals surface area contributed by atoms with E-state index in [-0.39, 0.29) is 12.0 Å². The minimum atomic E-state index is -0.472. The molecule has 3 amide bonds. The number of morpholine rings is 1. The van der Waals surface area contributed by atoms with Gasteiger partial charge in [-0.3, -0.25) is 15.0 Å². The Balaban J connectivity index is 1.99. The van der Waals surface area contributed by atoms with Crippen LogP contribution in [0, 0.1) is 0 Å². The van der Waals surface area contributed by atoms with Gasteiger partial charge < -0.3 is 10.1 Å². The van der Waals surface area contributed by atoms with Crippen LogP contribution in [0.15, 0.2) is 24.3 Å². The van der Waals surface area contributed by atoms with Gasteiger partial charge in [-0.25, -0.2) is 4.79 Å². The molecule has 2 atom stereocenters. The van der Waals surface area contributed by atoms with Gasteiger partial charge in [0.2, 0.25) is 5.91 Å². The second kappa shape index (κ2) is 8.29. The van der Waals surface area contributed by atoms with Gasteiger partial charge in [-0.1, -0.05) is 29.8 Å². The number of hydrogen-bond acceptors (Lipinski definition) is 4. The lowest BCUT2D eigenvalue weighted by Crippen LogP contribution is -2.52. The minimum absolute atomic E-state index is 0.183. The molecule has 23 heavy (non-hydrogen) atoms. The summed E-state index contributed by atoms with van der Waals surface area (Å²) in [7, 11) is 0. The predicted molar refractivity (Wildman–Crippen MR) is 88.4 cm³/mol. The van der Waals surface area contributed by atoms with Crippen LogP contribution in [0.25, 0.3) is 0 Å². The van der Waals surface area contributed by atoms with E-state index in [0.29, 0.717) is 31.3 Å². The van der Waals surface area contributed by atoms with Gasteiger partial charge in [-0.15, -0.1) is 0 Å². The van der Waals surface area contributed by atoms with Crippen LogP contribution in [0.5, 0.6) is 0 Å².